The van der Waals surface area contributed by atoms with Crippen LogP contribution in [0.3, 0.4) is 0 Å². The van der Waals surface area contributed by atoms with Gasteiger partial charge in [-0.3, -0.25) is 9.69 Å². The summed E-state index contributed by atoms with van der Waals surface area (Å²) >= 11 is 0. The fourth-order valence-electron chi connectivity index (χ4n) is 3.76. The molecule has 1 aliphatic heterocycles. The van der Waals surface area contributed by atoms with Crippen molar-refractivity contribution in [3.05, 3.63) is 53.3 Å². The number of hydrogen-bond acceptors (Lipinski definition) is 5. The zero-order chi connectivity index (χ0) is 22.6. The number of piperazine rings is 1. The second-order valence-corrected chi connectivity index (χ2v) is 8.01. The number of benzene rings is 1. The average molecular weight is 434 g/mol. The van der Waals surface area contributed by atoms with Gasteiger partial charge in [0, 0.05) is 26.2 Å². The number of carbonyl (C=O) groups is 2. The molecule has 1 aromatic heterocycles. The number of hydrogen-bond donors (Lipinski definition) is 0. The number of nitrogens with zero attached hydrogens (tertiary/aromatic N) is 4. The number of esters is 1. The molecule has 1 aromatic carbocycles. The number of amides is 1. The first-order valence-electron chi connectivity index (χ1n) is 10.3. The second kappa shape index (κ2) is 9.55. The molecule has 0 spiro atoms. The van der Waals surface area contributed by atoms with Gasteiger partial charge in [-0.05, 0) is 26.3 Å². The number of ether oxygens (including phenoxy) is 1. The SMILES string of the molecule is CCOC(=O)c1cnn(CN2CCN(C(=O)C(C)(C)c3ccccc3)CC2)c1C(F)F. The Morgan fingerprint density at radius 3 is 2.35 bits per heavy atom. The van der Waals surface area contributed by atoms with E-state index in [1.165, 1.54) is 0 Å². The number of aromatic nitrogens is 2. The lowest BCUT2D eigenvalue weighted by Gasteiger charge is -2.38. The maximum atomic E-state index is 13.6. The van der Waals surface area contributed by atoms with E-state index in [4.69, 9.17) is 4.74 Å². The summed E-state index contributed by atoms with van der Waals surface area (Å²) in [6.45, 7) is 7.67. The van der Waals surface area contributed by atoms with E-state index in [1.807, 2.05) is 54.0 Å². The molecule has 1 fully saturated rings. The quantitative estimate of drug-likeness (QED) is 0.627. The van der Waals surface area contributed by atoms with Crippen molar-refractivity contribution >= 4 is 11.9 Å². The minimum atomic E-state index is -2.85. The van der Waals surface area contributed by atoms with Gasteiger partial charge < -0.3 is 9.64 Å². The van der Waals surface area contributed by atoms with Crippen LogP contribution >= 0.6 is 0 Å². The van der Waals surface area contributed by atoms with Crippen molar-refractivity contribution in [2.75, 3.05) is 32.8 Å². The molecular weight excluding hydrogens is 406 g/mol. The van der Waals surface area contributed by atoms with E-state index in [1.54, 1.807) is 6.92 Å². The van der Waals surface area contributed by atoms with Crippen molar-refractivity contribution in [1.29, 1.82) is 0 Å². The summed E-state index contributed by atoms with van der Waals surface area (Å²) in [6, 6.07) is 9.63. The molecule has 0 saturated carbocycles. The van der Waals surface area contributed by atoms with Crippen LogP contribution in [0, 0.1) is 0 Å². The van der Waals surface area contributed by atoms with Crippen LogP contribution in [0.25, 0.3) is 0 Å². The van der Waals surface area contributed by atoms with Gasteiger partial charge in [0.05, 0.1) is 24.9 Å². The van der Waals surface area contributed by atoms with Crippen LogP contribution in [-0.4, -0.2) is 64.2 Å². The molecule has 1 aliphatic rings. The Morgan fingerprint density at radius 2 is 1.77 bits per heavy atom. The Hall–Kier alpha value is -2.81. The van der Waals surface area contributed by atoms with E-state index in [9.17, 15) is 18.4 Å². The van der Waals surface area contributed by atoms with Crippen molar-refractivity contribution in [3.63, 3.8) is 0 Å². The molecule has 168 valence electrons. The van der Waals surface area contributed by atoms with E-state index in [0.29, 0.717) is 26.2 Å². The Bertz CT molecular complexity index is 907. The maximum Gasteiger partial charge on any atom is 0.341 e. The molecule has 1 amide bonds. The van der Waals surface area contributed by atoms with Crippen LogP contribution < -0.4 is 0 Å². The Balaban J connectivity index is 1.64. The number of carbonyl (C=O) groups excluding carboxylic acids is 2. The number of rotatable bonds is 7. The third-order valence-corrected chi connectivity index (χ3v) is 5.61. The van der Waals surface area contributed by atoms with Gasteiger partial charge in [0.15, 0.2) is 0 Å². The first-order valence-corrected chi connectivity index (χ1v) is 10.3. The average Bonchev–Trinajstić information content (AvgIpc) is 3.18. The maximum absolute atomic E-state index is 13.6. The zero-order valence-electron chi connectivity index (χ0n) is 18.1. The van der Waals surface area contributed by atoms with E-state index < -0.39 is 23.5 Å². The lowest BCUT2D eigenvalue weighted by molar-refractivity contribution is -0.138. The van der Waals surface area contributed by atoms with Crippen molar-refractivity contribution in [2.45, 2.75) is 39.3 Å². The lowest BCUT2D eigenvalue weighted by atomic mass is 9.83. The highest BCUT2D eigenvalue weighted by Gasteiger charge is 2.35. The molecule has 0 atom stereocenters. The van der Waals surface area contributed by atoms with Gasteiger partial charge in [0.25, 0.3) is 6.43 Å². The molecule has 1 saturated heterocycles. The summed E-state index contributed by atoms with van der Waals surface area (Å²) in [6.07, 6.45) is -1.72. The first kappa shape index (κ1) is 22.9. The van der Waals surface area contributed by atoms with Crippen LogP contribution in [0.5, 0.6) is 0 Å². The van der Waals surface area contributed by atoms with Crippen LogP contribution in [-0.2, 0) is 21.6 Å². The van der Waals surface area contributed by atoms with Crippen molar-refractivity contribution in [3.8, 4) is 0 Å². The summed E-state index contributed by atoms with van der Waals surface area (Å²) in [5.74, 6) is -0.766. The minimum Gasteiger partial charge on any atom is -0.462 e. The second-order valence-electron chi connectivity index (χ2n) is 8.01. The fraction of sp³-hybridized carbons (Fsp3) is 0.500. The first-order chi connectivity index (χ1) is 14.8. The van der Waals surface area contributed by atoms with E-state index in [2.05, 4.69) is 5.10 Å². The molecular formula is C22H28F2N4O3. The molecule has 0 radical (unpaired) electrons. The number of halogens is 2. The molecule has 9 heteroatoms. The van der Waals surface area contributed by atoms with Gasteiger partial charge in [0.1, 0.15) is 11.3 Å². The molecule has 0 unspecified atom stereocenters. The highest BCUT2D eigenvalue weighted by Crippen LogP contribution is 2.27. The fourth-order valence-corrected chi connectivity index (χ4v) is 3.76. The van der Waals surface area contributed by atoms with Crippen molar-refractivity contribution < 1.29 is 23.1 Å². The standard InChI is InChI=1S/C22H28F2N4O3/c1-4-31-20(29)17-14-25-28(18(17)19(23)24)15-26-10-12-27(13-11-26)21(30)22(2,3)16-8-6-5-7-9-16/h5-9,14,19H,4,10-13,15H2,1-3H3. The van der Waals surface area contributed by atoms with Crippen LogP contribution in [0.15, 0.2) is 36.5 Å². The highest BCUT2D eigenvalue weighted by molar-refractivity contribution is 5.90. The molecule has 7 nitrogen and oxygen atoms in total. The molecule has 0 aliphatic carbocycles. The Labute approximate surface area is 180 Å². The third kappa shape index (κ3) is 4.92. The Morgan fingerprint density at radius 1 is 1.13 bits per heavy atom. The van der Waals surface area contributed by atoms with Gasteiger partial charge in [-0.1, -0.05) is 30.3 Å². The summed E-state index contributed by atoms with van der Waals surface area (Å²) in [5, 5.41) is 3.98. The van der Waals surface area contributed by atoms with Gasteiger partial charge in [0.2, 0.25) is 5.91 Å². The molecule has 31 heavy (non-hydrogen) atoms. The Kier molecular flexibility index (Phi) is 7.04. The molecule has 3 rings (SSSR count). The smallest absolute Gasteiger partial charge is 0.341 e. The normalized spacial score (nSPS) is 15.4. The third-order valence-electron chi connectivity index (χ3n) is 5.61. The number of alkyl halides is 2. The molecule has 2 aromatic rings. The summed E-state index contributed by atoms with van der Waals surface area (Å²) in [4.78, 5) is 28.8. The van der Waals surface area contributed by atoms with Gasteiger partial charge >= 0.3 is 5.97 Å². The highest BCUT2D eigenvalue weighted by atomic mass is 19.3. The van der Waals surface area contributed by atoms with Crippen LogP contribution in [0.2, 0.25) is 0 Å². The monoisotopic (exact) mass is 434 g/mol. The van der Waals surface area contributed by atoms with Gasteiger partial charge in [-0.15, -0.1) is 0 Å². The van der Waals surface area contributed by atoms with Crippen LogP contribution in [0.4, 0.5) is 8.78 Å². The molecule has 2 heterocycles. The lowest BCUT2D eigenvalue weighted by Crippen LogP contribution is -2.53. The molecule has 0 bridgehead atoms. The van der Waals surface area contributed by atoms with Crippen LogP contribution in [0.1, 0.15) is 48.8 Å². The predicted molar refractivity (Wildman–Crippen MR) is 111 cm³/mol. The largest absolute Gasteiger partial charge is 0.462 e. The molecule has 0 N–H and O–H groups in total. The van der Waals surface area contributed by atoms with Crippen molar-refractivity contribution in [2.24, 2.45) is 0 Å². The van der Waals surface area contributed by atoms with Gasteiger partial charge in [-0.25, -0.2) is 18.3 Å². The van der Waals surface area contributed by atoms with E-state index in [-0.39, 0.29) is 24.7 Å². The van der Waals surface area contributed by atoms with E-state index in [0.717, 1.165) is 16.4 Å². The van der Waals surface area contributed by atoms with Gasteiger partial charge in [-0.2, -0.15) is 5.10 Å². The summed E-state index contributed by atoms with van der Waals surface area (Å²) < 4.78 is 33.2. The summed E-state index contributed by atoms with van der Waals surface area (Å²) in [7, 11) is 0. The summed E-state index contributed by atoms with van der Waals surface area (Å²) in [5.41, 5.74) is -0.354. The zero-order valence-corrected chi connectivity index (χ0v) is 18.1. The minimum absolute atomic E-state index is 0.0373. The van der Waals surface area contributed by atoms with Crippen molar-refractivity contribution in [1.82, 2.24) is 19.6 Å². The topological polar surface area (TPSA) is 67.7 Å². The van der Waals surface area contributed by atoms with E-state index >= 15 is 0 Å². The predicted octanol–water partition coefficient (Wildman–Crippen LogP) is 3.08.